The van der Waals surface area contributed by atoms with Crippen LogP contribution in [0, 0.1) is 6.92 Å². The molecule has 0 radical (unpaired) electrons. The van der Waals surface area contributed by atoms with E-state index in [1.165, 1.54) is 5.69 Å². The van der Waals surface area contributed by atoms with Gasteiger partial charge in [0.2, 0.25) is 5.91 Å². The first kappa shape index (κ1) is 18.0. The zero-order chi connectivity index (χ0) is 18.5. The van der Waals surface area contributed by atoms with Crippen molar-refractivity contribution in [3.05, 3.63) is 71.8 Å². The lowest BCUT2D eigenvalue weighted by Gasteiger charge is -2.22. The number of hydrogen-bond acceptors (Lipinski definition) is 2. The number of rotatable bonds is 6. The first-order valence-corrected chi connectivity index (χ1v) is 9.24. The van der Waals surface area contributed by atoms with Crippen molar-refractivity contribution in [1.82, 2.24) is 0 Å². The molecule has 1 amide bonds. The van der Waals surface area contributed by atoms with Crippen molar-refractivity contribution < 1.29 is 4.79 Å². The summed E-state index contributed by atoms with van der Waals surface area (Å²) in [6, 6.07) is 20.5. The second kappa shape index (κ2) is 8.05. The standard InChI is InChI=1S/C23H26N2O/c1-4-25(5-2)20-13-14-22(17(3)15-20)24-23(26)16-19-11-8-10-18-9-6-7-12-21(18)19/h6-15H,4-5,16H2,1-3H3,(H,24,26). The number of amides is 1. The topological polar surface area (TPSA) is 32.3 Å². The Balaban J connectivity index is 1.76. The van der Waals surface area contributed by atoms with Gasteiger partial charge in [0.1, 0.15) is 0 Å². The second-order valence-corrected chi connectivity index (χ2v) is 6.53. The average molecular weight is 346 g/mol. The summed E-state index contributed by atoms with van der Waals surface area (Å²) in [5, 5.41) is 5.37. The number of carbonyl (C=O) groups is 1. The van der Waals surface area contributed by atoms with Crippen molar-refractivity contribution in [2.45, 2.75) is 27.2 Å². The number of aryl methyl sites for hydroxylation is 1. The quantitative estimate of drug-likeness (QED) is 0.667. The van der Waals surface area contributed by atoms with Crippen molar-refractivity contribution in [3.63, 3.8) is 0 Å². The maximum atomic E-state index is 12.6. The van der Waals surface area contributed by atoms with Crippen molar-refractivity contribution >= 4 is 28.1 Å². The Morgan fingerprint density at radius 1 is 0.962 bits per heavy atom. The van der Waals surface area contributed by atoms with Gasteiger partial charge in [0.25, 0.3) is 0 Å². The van der Waals surface area contributed by atoms with Gasteiger partial charge in [-0.3, -0.25) is 4.79 Å². The number of nitrogens with one attached hydrogen (secondary N) is 1. The van der Waals surface area contributed by atoms with Crippen molar-refractivity contribution in [2.75, 3.05) is 23.3 Å². The van der Waals surface area contributed by atoms with Crippen LogP contribution in [0.15, 0.2) is 60.7 Å². The molecule has 0 fully saturated rings. The van der Waals surface area contributed by atoms with Crippen LogP contribution in [0.1, 0.15) is 25.0 Å². The molecular weight excluding hydrogens is 320 g/mol. The van der Waals surface area contributed by atoms with Gasteiger partial charge in [-0.1, -0.05) is 42.5 Å². The summed E-state index contributed by atoms with van der Waals surface area (Å²) in [5.74, 6) is 0.0139. The van der Waals surface area contributed by atoms with Crippen LogP contribution < -0.4 is 10.2 Å². The molecule has 134 valence electrons. The lowest BCUT2D eigenvalue weighted by Crippen LogP contribution is -2.22. The molecule has 1 N–H and O–H groups in total. The molecular formula is C23H26N2O. The van der Waals surface area contributed by atoms with Gasteiger partial charge in [-0.25, -0.2) is 0 Å². The molecule has 3 nitrogen and oxygen atoms in total. The summed E-state index contributed by atoms with van der Waals surface area (Å²) in [6.45, 7) is 8.30. The summed E-state index contributed by atoms with van der Waals surface area (Å²) in [5.41, 5.74) is 4.21. The minimum Gasteiger partial charge on any atom is -0.372 e. The van der Waals surface area contributed by atoms with Gasteiger partial charge in [-0.2, -0.15) is 0 Å². The van der Waals surface area contributed by atoms with Crippen LogP contribution in [0.3, 0.4) is 0 Å². The van der Waals surface area contributed by atoms with Gasteiger partial charge in [0.15, 0.2) is 0 Å². The number of benzene rings is 3. The van der Waals surface area contributed by atoms with Crippen LogP contribution in [0.25, 0.3) is 10.8 Å². The van der Waals surface area contributed by atoms with E-state index in [-0.39, 0.29) is 5.91 Å². The average Bonchev–Trinajstić information content (AvgIpc) is 2.65. The summed E-state index contributed by atoms with van der Waals surface area (Å²) in [4.78, 5) is 14.9. The number of hydrogen-bond donors (Lipinski definition) is 1. The van der Waals surface area contributed by atoms with Crippen LogP contribution in [0.2, 0.25) is 0 Å². The summed E-state index contributed by atoms with van der Waals surface area (Å²) < 4.78 is 0. The van der Waals surface area contributed by atoms with E-state index < -0.39 is 0 Å². The molecule has 0 aliphatic heterocycles. The lowest BCUT2D eigenvalue weighted by atomic mass is 10.0. The fourth-order valence-electron chi connectivity index (χ4n) is 3.39. The van der Waals surface area contributed by atoms with Crippen molar-refractivity contribution in [2.24, 2.45) is 0 Å². The first-order chi connectivity index (χ1) is 12.6. The Morgan fingerprint density at radius 3 is 2.42 bits per heavy atom. The molecule has 0 aliphatic rings. The van der Waals surface area contributed by atoms with Gasteiger partial charge in [-0.05, 0) is 60.9 Å². The van der Waals surface area contributed by atoms with Crippen LogP contribution in [-0.2, 0) is 11.2 Å². The first-order valence-electron chi connectivity index (χ1n) is 9.24. The molecule has 26 heavy (non-hydrogen) atoms. The highest BCUT2D eigenvalue weighted by Gasteiger charge is 2.10. The Kier molecular flexibility index (Phi) is 5.57. The highest BCUT2D eigenvalue weighted by atomic mass is 16.1. The smallest absolute Gasteiger partial charge is 0.228 e. The van der Waals surface area contributed by atoms with E-state index in [2.05, 4.69) is 54.4 Å². The van der Waals surface area contributed by atoms with Crippen LogP contribution in [0.4, 0.5) is 11.4 Å². The molecule has 0 spiro atoms. The van der Waals surface area contributed by atoms with E-state index in [9.17, 15) is 4.79 Å². The maximum Gasteiger partial charge on any atom is 0.228 e. The third-order valence-electron chi connectivity index (χ3n) is 4.84. The monoisotopic (exact) mass is 346 g/mol. The van der Waals surface area contributed by atoms with E-state index in [0.29, 0.717) is 6.42 Å². The fourth-order valence-corrected chi connectivity index (χ4v) is 3.39. The summed E-state index contributed by atoms with van der Waals surface area (Å²) >= 11 is 0. The number of nitrogens with zero attached hydrogens (tertiary/aromatic N) is 1. The minimum atomic E-state index is 0.0139. The molecule has 0 heterocycles. The third kappa shape index (κ3) is 3.88. The zero-order valence-corrected chi connectivity index (χ0v) is 15.8. The van der Waals surface area contributed by atoms with E-state index in [1.807, 2.05) is 37.3 Å². The minimum absolute atomic E-state index is 0.0139. The second-order valence-electron chi connectivity index (χ2n) is 6.53. The Morgan fingerprint density at radius 2 is 1.69 bits per heavy atom. The van der Waals surface area contributed by atoms with Crippen LogP contribution in [0.5, 0.6) is 0 Å². The van der Waals surface area contributed by atoms with Gasteiger partial charge >= 0.3 is 0 Å². The molecule has 0 aliphatic carbocycles. The molecule has 0 saturated carbocycles. The summed E-state index contributed by atoms with van der Waals surface area (Å²) in [7, 11) is 0. The van der Waals surface area contributed by atoms with Crippen molar-refractivity contribution in [1.29, 1.82) is 0 Å². The number of anilines is 2. The van der Waals surface area contributed by atoms with Gasteiger partial charge in [0, 0.05) is 24.5 Å². The summed E-state index contributed by atoms with van der Waals surface area (Å²) in [6.07, 6.45) is 0.374. The zero-order valence-electron chi connectivity index (χ0n) is 15.8. The van der Waals surface area contributed by atoms with E-state index in [1.54, 1.807) is 0 Å². The van der Waals surface area contributed by atoms with Crippen LogP contribution in [-0.4, -0.2) is 19.0 Å². The predicted molar refractivity (Wildman–Crippen MR) is 111 cm³/mol. The van der Waals surface area contributed by atoms with Gasteiger partial charge in [0.05, 0.1) is 6.42 Å². The lowest BCUT2D eigenvalue weighted by molar-refractivity contribution is -0.115. The fraction of sp³-hybridized carbons (Fsp3) is 0.261. The Hall–Kier alpha value is -2.81. The Labute approximate surface area is 155 Å². The maximum absolute atomic E-state index is 12.6. The molecule has 0 saturated heterocycles. The number of carbonyl (C=O) groups excluding carboxylic acids is 1. The molecule has 0 atom stereocenters. The Bertz CT molecular complexity index is 908. The molecule has 0 aromatic heterocycles. The molecule has 3 aromatic rings. The van der Waals surface area contributed by atoms with Gasteiger partial charge < -0.3 is 10.2 Å². The highest BCUT2D eigenvalue weighted by Crippen LogP contribution is 2.24. The van der Waals surface area contributed by atoms with E-state index in [4.69, 9.17) is 0 Å². The van der Waals surface area contributed by atoms with E-state index >= 15 is 0 Å². The number of fused-ring (bicyclic) bond motifs is 1. The largest absolute Gasteiger partial charge is 0.372 e. The third-order valence-corrected chi connectivity index (χ3v) is 4.84. The normalized spacial score (nSPS) is 10.7. The SMILES string of the molecule is CCN(CC)c1ccc(NC(=O)Cc2cccc3ccccc23)c(C)c1. The van der Waals surface area contributed by atoms with Crippen molar-refractivity contribution in [3.8, 4) is 0 Å². The van der Waals surface area contributed by atoms with E-state index in [0.717, 1.165) is 40.7 Å². The molecule has 0 bridgehead atoms. The highest BCUT2D eigenvalue weighted by molar-refractivity contribution is 5.96. The van der Waals surface area contributed by atoms with Gasteiger partial charge in [-0.15, -0.1) is 0 Å². The molecule has 3 heteroatoms. The molecule has 0 unspecified atom stereocenters. The van der Waals surface area contributed by atoms with Crippen LogP contribution >= 0.6 is 0 Å². The predicted octanol–water partition coefficient (Wildman–Crippen LogP) is 5.18. The molecule has 3 rings (SSSR count). The molecule has 3 aromatic carbocycles.